The average Bonchev–Trinajstić information content (AvgIpc) is 3.48. The topological polar surface area (TPSA) is 84.2 Å². The first-order valence-corrected chi connectivity index (χ1v) is 9.17. The van der Waals surface area contributed by atoms with E-state index in [9.17, 15) is 4.79 Å². The average molecular weight is 374 g/mol. The van der Waals surface area contributed by atoms with Gasteiger partial charge in [-0.15, -0.1) is 0 Å². The Hall–Kier alpha value is -3.61. The number of hydrogen-bond donors (Lipinski definition) is 1. The molecule has 7 nitrogen and oxygen atoms in total. The van der Waals surface area contributed by atoms with Crippen LogP contribution in [0.2, 0.25) is 0 Å². The number of aromatic amines is 1. The van der Waals surface area contributed by atoms with E-state index in [-0.39, 0.29) is 12.0 Å². The molecule has 0 radical (unpaired) electrons. The number of likely N-dealkylation sites (tertiary alicyclic amines) is 1. The summed E-state index contributed by atoms with van der Waals surface area (Å²) in [5.74, 6) is 1.11. The standard InChI is InChI=1S/C21H18N4O3/c26-21(18-12-17(23-24-18)19-6-3-11-27-19)25-10-9-15(13-25)28-20-8-7-14-4-1-2-5-16(14)22-20/h1-8,11-12,15H,9-10,13H2,(H,23,24). The van der Waals surface area contributed by atoms with Gasteiger partial charge in [0.15, 0.2) is 11.5 Å². The zero-order chi connectivity index (χ0) is 18.9. The Kier molecular flexibility index (Phi) is 4.05. The van der Waals surface area contributed by atoms with Gasteiger partial charge in [0.2, 0.25) is 5.88 Å². The van der Waals surface area contributed by atoms with Crippen LogP contribution < -0.4 is 4.74 Å². The molecule has 0 bridgehead atoms. The van der Waals surface area contributed by atoms with E-state index in [0.29, 0.717) is 36.1 Å². The molecule has 28 heavy (non-hydrogen) atoms. The lowest BCUT2D eigenvalue weighted by Crippen LogP contribution is -2.31. The van der Waals surface area contributed by atoms with Crippen molar-refractivity contribution in [2.45, 2.75) is 12.5 Å². The predicted molar refractivity (Wildman–Crippen MR) is 103 cm³/mol. The van der Waals surface area contributed by atoms with Crippen molar-refractivity contribution in [3.63, 3.8) is 0 Å². The number of benzene rings is 1. The van der Waals surface area contributed by atoms with Gasteiger partial charge in [-0.2, -0.15) is 5.10 Å². The van der Waals surface area contributed by atoms with Crippen LogP contribution in [0.25, 0.3) is 22.4 Å². The Morgan fingerprint density at radius 2 is 2.11 bits per heavy atom. The molecule has 0 saturated carbocycles. The maximum absolute atomic E-state index is 12.7. The fourth-order valence-electron chi connectivity index (χ4n) is 3.44. The van der Waals surface area contributed by atoms with E-state index >= 15 is 0 Å². The number of fused-ring (bicyclic) bond motifs is 1. The van der Waals surface area contributed by atoms with Gasteiger partial charge >= 0.3 is 0 Å². The highest BCUT2D eigenvalue weighted by atomic mass is 16.5. The van der Waals surface area contributed by atoms with E-state index in [0.717, 1.165) is 17.3 Å². The van der Waals surface area contributed by atoms with Crippen molar-refractivity contribution < 1.29 is 13.9 Å². The van der Waals surface area contributed by atoms with Crippen LogP contribution in [0.5, 0.6) is 5.88 Å². The minimum atomic E-state index is -0.119. The van der Waals surface area contributed by atoms with Crippen molar-refractivity contribution in [3.8, 4) is 17.3 Å². The largest absolute Gasteiger partial charge is 0.472 e. The third kappa shape index (κ3) is 3.11. The fourth-order valence-corrected chi connectivity index (χ4v) is 3.44. The molecule has 140 valence electrons. The molecule has 0 aliphatic carbocycles. The van der Waals surface area contributed by atoms with Gasteiger partial charge in [0, 0.05) is 30.5 Å². The number of amides is 1. The summed E-state index contributed by atoms with van der Waals surface area (Å²) in [6.07, 6.45) is 2.26. The number of carbonyl (C=O) groups is 1. The molecule has 1 unspecified atom stereocenters. The summed E-state index contributed by atoms with van der Waals surface area (Å²) >= 11 is 0. The summed E-state index contributed by atoms with van der Waals surface area (Å²) in [5.41, 5.74) is 1.95. The number of hydrogen-bond acceptors (Lipinski definition) is 5. The third-order valence-electron chi connectivity index (χ3n) is 4.88. The number of H-pyrrole nitrogens is 1. The normalized spacial score (nSPS) is 16.6. The molecule has 5 rings (SSSR count). The number of pyridine rings is 1. The summed E-state index contributed by atoms with van der Waals surface area (Å²) in [4.78, 5) is 19.0. The highest BCUT2D eigenvalue weighted by Gasteiger charge is 2.30. The summed E-state index contributed by atoms with van der Waals surface area (Å²) in [6.45, 7) is 1.14. The number of aromatic nitrogens is 3. The van der Waals surface area contributed by atoms with Crippen LogP contribution >= 0.6 is 0 Å². The van der Waals surface area contributed by atoms with Gasteiger partial charge < -0.3 is 14.1 Å². The van der Waals surface area contributed by atoms with Crippen LogP contribution in [-0.2, 0) is 0 Å². The lowest BCUT2D eigenvalue weighted by Gasteiger charge is -2.16. The van der Waals surface area contributed by atoms with Gasteiger partial charge in [0.1, 0.15) is 11.8 Å². The Labute approximate surface area is 160 Å². The molecule has 7 heteroatoms. The highest BCUT2D eigenvalue weighted by Crippen LogP contribution is 2.23. The van der Waals surface area contributed by atoms with Crippen LogP contribution in [0.15, 0.2) is 65.3 Å². The lowest BCUT2D eigenvalue weighted by atomic mass is 10.2. The number of rotatable bonds is 4. The maximum Gasteiger partial charge on any atom is 0.274 e. The van der Waals surface area contributed by atoms with Crippen molar-refractivity contribution in [2.24, 2.45) is 0 Å². The van der Waals surface area contributed by atoms with E-state index in [1.54, 1.807) is 23.3 Å². The van der Waals surface area contributed by atoms with E-state index in [2.05, 4.69) is 15.2 Å². The molecule has 1 aliphatic rings. The number of ether oxygens (including phenoxy) is 1. The number of para-hydroxylation sites is 1. The van der Waals surface area contributed by atoms with Crippen LogP contribution in [0.3, 0.4) is 0 Å². The number of carbonyl (C=O) groups excluding carboxylic acids is 1. The van der Waals surface area contributed by atoms with Crippen molar-refractivity contribution in [3.05, 3.63) is 66.6 Å². The molecule has 3 aromatic heterocycles. The molecule has 1 aromatic carbocycles. The fraction of sp³-hybridized carbons (Fsp3) is 0.190. The first kappa shape index (κ1) is 16.6. The molecule has 1 fully saturated rings. The SMILES string of the molecule is O=C(c1cc(-c2ccco2)[nH]n1)N1CCC(Oc2ccc3ccccc3n2)C1. The number of furan rings is 1. The van der Waals surface area contributed by atoms with Crippen LogP contribution in [0.4, 0.5) is 0 Å². The quantitative estimate of drug-likeness (QED) is 0.591. The van der Waals surface area contributed by atoms with E-state index in [4.69, 9.17) is 9.15 Å². The zero-order valence-electron chi connectivity index (χ0n) is 15.0. The summed E-state index contributed by atoms with van der Waals surface area (Å²) in [7, 11) is 0. The summed E-state index contributed by atoms with van der Waals surface area (Å²) in [5, 5.41) is 8.05. The molecular weight excluding hydrogens is 356 g/mol. The Morgan fingerprint density at radius 1 is 1.18 bits per heavy atom. The zero-order valence-corrected chi connectivity index (χ0v) is 15.0. The van der Waals surface area contributed by atoms with Gasteiger partial charge in [-0.05, 0) is 24.3 Å². The van der Waals surface area contributed by atoms with Gasteiger partial charge in [0.05, 0.1) is 18.3 Å². The van der Waals surface area contributed by atoms with E-state index in [1.165, 1.54) is 0 Å². The second-order valence-electron chi connectivity index (χ2n) is 6.77. The van der Waals surface area contributed by atoms with Crippen LogP contribution in [-0.4, -0.2) is 45.2 Å². The number of nitrogens with zero attached hydrogens (tertiary/aromatic N) is 3. The summed E-state index contributed by atoms with van der Waals surface area (Å²) in [6, 6.07) is 17.1. The third-order valence-corrected chi connectivity index (χ3v) is 4.88. The van der Waals surface area contributed by atoms with Crippen molar-refractivity contribution >= 4 is 16.8 Å². The molecule has 1 atom stereocenters. The second-order valence-corrected chi connectivity index (χ2v) is 6.77. The summed E-state index contributed by atoms with van der Waals surface area (Å²) < 4.78 is 11.3. The molecule has 4 aromatic rings. The molecule has 4 heterocycles. The smallest absolute Gasteiger partial charge is 0.274 e. The molecular formula is C21H18N4O3. The first-order chi connectivity index (χ1) is 13.8. The van der Waals surface area contributed by atoms with Gasteiger partial charge in [-0.25, -0.2) is 4.98 Å². The van der Waals surface area contributed by atoms with E-state index in [1.807, 2.05) is 42.5 Å². The van der Waals surface area contributed by atoms with Crippen molar-refractivity contribution in [1.82, 2.24) is 20.1 Å². The minimum absolute atomic E-state index is 0.0823. The van der Waals surface area contributed by atoms with Crippen molar-refractivity contribution in [1.29, 1.82) is 0 Å². The number of nitrogens with one attached hydrogen (secondary N) is 1. The molecule has 0 spiro atoms. The van der Waals surface area contributed by atoms with Crippen molar-refractivity contribution in [2.75, 3.05) is 13.1 Å². The van der Waals surface area contributed by atoms with Crippen LogP contribution in [0.1, 0.15) is 16.9 Å². The van der Waals surface area contributed by atoms with Gasteiger partial charge in [-0.1, -0.05) is 18.2 Å². The van der Waals surface area contributed by atoms with E-state index < -0.39 is 0 Å². The highest BCUT2D eigenvalue weighted by molar-refractivity contribution is 5.93. The maximum atomic E-state index is 12.7. The van der Waals surface area contributed by atoms with Gasteiger partial charge in [0.25, 0.3) is 5.91 Å². The molecule has 1 aliphatic heterocycles. The molecule has 1 N–H and O–H groups in total. The monoisotopic (exact) mass is 374 g/mol. The lowest BCUT2D eigenvalue weighted by molar-refractivity contribution is 0.0765. The van der Waals surface area contributed by atoms with Crippen LogP contribution in [0, 0.1) is 0 Å². The second kappa shape index (κ2) is 6.84. The predicted octanol–water partition coefficient (Wildman–Crippen LogP) is 3.51. The first-order valence-electron chi connectivity index (χ1n) is 9.17. The minimum Gasteiger partial charge on any atom is -0.472 e. The Bertz CT molecular complexity index is 1120. The Balaban J connectivity index is 1.25. The molecule has 1 saturated heterocycles. The van der Waals surface area contributed by atoms with Gasteiger partial charge in [-0.3, -0.25) is 9.89 Å². The molecule has 1 amide bonds. The Morgan fingerprint density at radius 3 is 3.00 bits per heavy atom.